The van der Waals surface area contributed by atoms with E-state index in [1.54, 1.807) is 12.1 Å². The first kappa shape index (κ1) is 24.6. The van der Waals surface area contributed by atoms with Crippen molar-refractivity contribution in [1.29, 1.82) is 0 Å². The van der Waals surface area contributed by atoms with Crippen LogP contribution in [0.5, 0.6) is 0 Å². The van der Waals surface area contributed by atoms with E-state index >= 15 is 0 Å². The van der Waals surface area contributed by atoms with Crippen LogP contribution in [0.15, 0.2) is 51.9 Å². The quantitative estimate of drug-likeness (QED) is 0.507. The second kappa shape index (κ2) is 9.06. The summed E-state index contributed by atoms with van der Waals surface area (Å²) >= 11 is 5.61. The second-order valence-electron chi connectivity index (χ2n) is 7.24. The van der Waals surface area contributed by atoms with E-state index in [0.717, 1.165) is 15.9 Å². The van der Waals surface area contributed by atoms with Gasteiger partial charge in [0.15, 0.2) is 10.7 Å². The summed E-state index contributed by atoms with van der Waals surface area (Å²) in [7, 11) is -4.30. The third kappa shape index (κ3) is 5.31. The van der Waals surface area contributed by atoms with Crippen molar-refractivity contribution in [2.24, 2.45) is 0 Å². The summed E-state index contributed by atoms with van der Waals surface area (Å²) in [5.74, 6) is -0.820. The highest BCUT2D eigenvalue weighted by molar-refractivity contribution is 7.93. The van der Waals surface area contributed by atoms with Crippen LogP contribution >= 0.6 is 11.6 Å². The summed E-state index contributed by atoms with van der Waals surface area (Å²) in [6, 6.07) is 9.23. The first-order chi connectivity index (χ1) is 15.3. The lowest BCUT2D eigenvalue weighted by molar-refractivity contribution is -0.137. The van der Waals surface area contributed by atoms with Crippen molar-refractivity contribution in [3.8, 4) is 0 Å². The van der Waals surface area contributed by atoms with E-state index < -0.39 is 39.2 Å². The fraction of sp³-hybridized carbons (Fsp3) is 0.238. The van der Waals surface area contributed by atoms with Crippen molar-refractivity contribution in [2.75, 3.05) is 16.2 Å². The normalized spacial score (nSPS) is 12.0. The molecule has 0 aliphatic carbocycles. The maximum absolute atomic E-state index is 13.4. The minimum Gasteiger partial charge on any atom is -0.360 e. The van der Waals surface area contributed by atoms with Crippen molar-refractivity contribution in [1.82, 2.24) is 5.16 Å². The number of sulfonamides is 1. The number of halogens is 4. The van der Waals surface area contributed by atoms with Gasteiger partial charge in [-0.15, -0.1) is 0 Å². The van der Waals surface area contributed by atoms with Crippen LogP contribution < -0.4 is 9.62 Å². The number of anilines is 2. The molecule has 0 fully saturated rings. The number of carbonyl (C=O) groups is 1. The first-order valence-corrected chi connectivity index (χ1v) is 11.3. The Labute approximate surface area is 193 Å². The Morgan fingerprint density at radius 3 is 2.30 bits per heavy atom. The monoisotopic (exact) mass is 501 g/mol. The Morgan fingerprint density at radius 2 is 1.76 bits per heavy atom. The van der Waals surface area contributed by atoms with Crippen molar-refractivity contribution < 1.29 is 30.9 Å². The molecule has 3 aromatic rings. The molecular weight excluding hydrogens is 483 g/mol. The predicted molar refractivity (Wildman–Crippen MR) is 117 cm³/mol. The molecule has 0 aliphatic heterocycles. The van der Waals surface area contributed by atoms with Crippen LogP contribution in [0.2, 0.25) is 5.02 Å². The highest BCUT2D eigenvalue weighted by Gasteiger charge is 2.35. The Bertz CT molecular complexity index is 1270. The van der Waals surface area contributed by atoms with Crippen LogP contribution in [-0.2, 0) is 21.0 Å². The van der Waals surface area contributed by atoms with Crippen LogP contribution in [-0.4, -0.2) is 26.0 Å². The molecule has 1 N–H and O–H groups in total. The van der Waals surface area contributed by atoms with Crippen LogP contribution in [0.25, 0.3) is 0 Å². The number of benzene rings is 2. The molecule has 0 radical (unpaired) electrons. The van der Waals surface area contributed by atoms with Gasteiger partial charge in [0, 0.05) is 5.69 Å². The molecule has 0 saturated heterocycles. The minimum absolute atomic E-state index is 0.0394. The van der Waals surface area contributed by atoms with Crippen molar-refractivity contribution in [3.05, 3.63) is 70.1 Å². The first-order valence-electron chi connectivity index (χ1n) is 9.49. The van der Waals surface area contributed by atoms with Gasteiger partial charge in [0.25, 0.3) is 10.0 Å². The number of hydrogen-bond acceptors (Lipinski definition) is 5. The molecule has 2 aromatic carbocycles. The van der Waals surface area contributed by atoms with Gasteiger partial charge in [-0.05, 0) is 51.1 Å². The van der Waals surface area contributed by atoms with Crippen molar-refractivity contribution >= 4 is 38.9 Å². The van der Waals surface area contributed by atoms with Gasteiger partial charge in [-0.1, -0.05) is 34.5 Å². The van der Waals surface area contributed by atoms with Gasteiger partial charge < -0.3 is 9.84 Å². The Hall–Kier alpha value is -3.05. The molecule has 1 amide bonds. The number of nitrogens with one attached hydrogen (secondary N) is 1. The van der Waals surface area contributed by atoms with Gasteiger partial charge in [0.2, 0.25) is 5.91 Å². The summed E-state index contributed by atoms with van der Waals surface area (Å²) in [5.41, 5.74) is -0.157. The van der Waals surface area contributed by atoms with Crippen LogP contribution in [0.1, 0.15) is 22.6 Å². The van der Waals surface area contributed by atoms with Crippen molar-refractivity contribution in [3.63, 3.8) is 0 Å². The third-order valence-corrected chi connectivity index (χ3v) is 7.03. The topological polar surface area (TPSA) is 92.5 Å². The standard InChI is InChI=1S/C21H19ClF3N3O4S/c1-12-4-7-16(8-5-12)28(33(30,31)20-13(2)27-32-14(20)3)11-19(29)26-15-6-9-18(22)17(10-15)21(23,24)25/h4-10H,11H2,1-3H3,(H,26,29). The largest absolute Gasteiger partial charge is 0.417 e. The highest BCUT2D eigenvalue weighted by Crippen LogP contribution is 2.36. The predicted octanol–water partition coefficient (Wildman–Crippen LogP) is 5.11. The molecule has 1 heterocycles. The van der Waals surface area contributed by atoms with E-state index in [2.05, 4.69) is 10.5 Å². The summed E-state index contributed by atoms with van der Waals surface area (Å²) < 4.78 is 72.0. The molecule has 1 aromatic heterocycles. The molecule has 12 heteroatoms. The molecular formula is C21H19ClF3N3O4S. The summed E-state index contributed by atoms with van der Waals surface area (Å²) in [4.78, 5) is 12.5. The van der Waals surface area contributed by atoms with Crippen LogP contribution in [0.3, 0.4) is 0 Å². The molecule has 7 nitrogen and oxygen atoms in total. The number of hydrogen-bond donors (Lipinski definition) is 1. The zero-order valence-electron chi connectivity index (χ0n) is 17.7. The molecule has 0 saturated carbocycles. The molecule has 0 atom stereocenters. The maximum Gasteiger partial charge on any atom is 0.417 e. The lowest BCUT2D eigenvalue weighted by atomic mass is 10.2. The van der Waals surface area contributed by atoms with Gasteiger partial charge in [-0.3, -0.25) is 9.10 Å². The molecule has 33 heavy (non-hydrogen) atoms. The van der Waals surface area contributed by atoms with Crippen LogP contribution in [0.4, 0.5) is 24.5 Å². The van der Waals surface area contributed by atoms with E-state index in [-0.39, 0.29) is 27.7 Å². The van der Waals surface area contributed by atoms with Gasteiger partial charge in [-0.25, -0.2) is 8.42 Å². The molecule has 3 rings (SSSR count). The maximum atomic E-state index is 13.4. The fourth-order valence-electron chi connectivity index (χ4n) is 3.13. The molecule has 0 bridgehead atoms. The Morgan fingerprint density at radius 1 is 1.12 bits per heavy atom. The van der Waals surface area contributed by atoms with E-state index in [0.29, 0.717) is 6.07 Å². The summed E-state index contributed by atoms with van der Waals surface area (Å²) in [6.07, 6.45) is -4.72. The molecule has 176 valence electrons. The highest BCUT2D eigenvalue weighted by atomic mass is 35.5. The number of alkyl halides is 3. The minimum atomic E-state index is -4.72. The average Bonchev–Trinajstić information content (AvgIpc) is 3.06. The molecule has 0 unspecified atom stereocenters. The number of nitrogens with zero attached hydrogens (tertiary/aromatic N) is 2. The molecule has 0 spiro atoms. The van der Waals surface area contributed by atoms with Crippen molar-refractivity contribution in [2.45, 2.75) is 31.8 Å². The number of amides is 1. The number of aryl methyl sites for hydroxylation is 3. The van der Waals surface area contributed by atoms with E-state index in [1.807, 2.05) is 6.92 Å². The van der Waals surface area contributed by atoms with Gasteiger partial charge in [0.05, 0.1) is 16.3 Å². The number of aromatic nitrogens is 1. The zero-order valence-corrected chi connectivity index (χ0v) is 19.3. The molecule has 0 aliphatic rings. The smallest absolute Gasteiger partial charge is 0.360 e. The average molecular weight is 502 g/mol. The Balaban J connectivity index is 1.96. The van der Waals surface area contributed by atoms with E-state index in [9.17, 15) is 26.4 Å². The van der Waals surface area contributed by atoms with E-state index in [1.165, 1.54) is 32.0 Å². The Kier molecular flexibility index (Phi) is 6.75. The second-order valence-corrected chi connectivity index (χ2v) is 9.45. The van der Waals surface area contributed by atoms with Gasteiger partial charge >= 0.3 is 6.18 Å². The SMILES string of the molecule is Cc1ccc(N(CC(=O)Nc2ccc(Cl)c(C(F)(F)F)c2)S(=O)(=O)c2c(C)noc2C)cc1. The zero-order chi connectivity index (χ0) is 24.6. The van der Waals surface area contributed by atoms with E-state index in [4.69, 9.17) is 16.1 Å². The third-order valence-electron chi connectivity index (χ3n) is 4.68. The van der Waals surface area contributed by atoms with Gasteiger partial charge in [-0.2, -0.15) is 13.2 Å². The number of carbonyl (C=O) groups excluding carboxylic acids is 1. The fourth-order valence-corrected chi connectivity index (χ4v) is 5.07. The summed E-state index contributed by atoms with van der Waals surface area (Å²) in [6.45, 7) is 3.97. The number of rotatable bonds is 6. The summed E-state index contributed by atoms with van der Waals surface area (Å²) in [5, 5.41) is 5.43. The van der Waals surface area contributed by atoms with Crippen LogP contribution in [0, 0.1) is 20.8 Å². The lowest BCUT2D eigenvalue weighted by Gasteiger charge is -2.24. The lowest BCUT2D eigenvalue weighted by Crippen LogP contribution is -2.38. The van der Waals surface area contributed by atoms with Gasteiger partial charge in [0.1, 0.15) is 12.2 Å².